The zero-order valence-electron chi connectivity index (χ0n) is 25.1. The molecule has 3 amide bonds. The number of ether oxygens (including phenoxy) is 3. The van der Waals surface area contributed by atoms with Crippen LogP contribution >= 0.6 is 0 Å². The number of hydrogen-bond donors (Lipinski definition) is 2. The summed E-state index contributed by atoms with van der Waals surface area (Å²) in [5.41, 5.74) is 1.83. The van der Waals surface area contributed by atoms with Crippen molar-refractivity contribution in [3.05, 3.63) is 90.3 Å². The summed E-state index contributed by atoms with van der Waals surface area (Å²) in [6.07, 6.45) is 3.02. The number of hydrogen-bond acceptors (Lipinski definition) is 8. The first-order valence-corrected chi connectivity index (χ1v) is 14.9. The molecular formula is C33H33FN6O6. The van der Waals surface area contributed by atoms with Crippen LogP contribution in [0.5, 0.6) is 17.2 Å². The minimum atomic E-state index is -0.693. The molecule has 46 heavy (non-hydrogen) atoms. The van der Waals surface area contributed by atoms with E-state index in [0.717, 1.165) is 5.56 Å². The van der Waals surface area contributed by atoms with Crippen LogP contribution in [0.3, 0.4) is 0 Å². The van der Waals surface area contributed by atoms with Crippen molar-refractivity contribution in [2.75, 3.05) is 26.8 Å². The first kappa shape index (κ1) is 30.6. The Morgan fingerprint density at radius 1 is 1.09 bits per heavy atom. The molecule has 0 saturated carbocycles. The third-order valence-corrected chi connectivity index (χ3v) is 8.01. The van der Waals surface area contributed by atoms with Gasteiger partial charge in [-0.1, -0.05) is 18.2 Å². The first-order valence-electron chi connectivity index (χ1n) is 14.9. The molecule has 12 nitrogen and oxygen atoms in total. The average Bonchev–Trinajstić information content (AvgIpc) is 3.60. The van der Waals surface area contributed by atoms with Gasteiger partial charge in [0.1, 0.15) is 41.8 Å². The van der Waals surface area contributed by atoms with E-state index in [-0.39, 0.29) is 43.5 Å². The van der Waals surface area contributed by atoms with E-state index < -0.39 is 23.9 Å². The maximum absolute atomic E-state index is 15.1. The van der Waals surface area contributed by atoms with Crippen LogP contribution in [-0.4, -0.2) is 76.3 Å². The highest BCUT2D eigenvalue weighted by atomic mass is 19.1. The van der Waals surface area contributed by atoms with Crippen LogP contribution in [0.1, 0.15) is 28.8 Å². The Bertz CT molecular complexity index is 1730. The van der Waals surface area contributed by atoms with Crippen LogP contribution < -0.4 is 24.8 Å². The van der Waals surface area contributed by atoms with Crippen LogP contribution in [0, 0.1) is 5.82 Å². The molecule has 0 spiro atoms. The number of piperidine rings is 1. The molecule has 3 aromatic carbocycles. The second kappa shape index (κ2) is 13.7. The lowest BCUT2D eigenvalue weighted by Gasteiger charge is -2.39. The molecular weight excluding hydrogens is 595 g/mol. The van der Waals surface area contributed by atoms with Gasteiger partial charge in [-0.15, -0.1) is 0 Å². The molecule has 238 valence electrons. The number of fused-ring (bicyclic) bond motifs is 7. The molecule has 2 atom stereocenters. The Morgan fingerprint density at radius 3 is 2.78 bits per heavy atom. The predicted molar refractivity (Wildman–Crippen MR) is 164 cm³/mol. The van der Waals surface area contributed by atoms with Crippen molar-refractivity contribution < 1.29 is 33.0 Å². The van der Waals surface area contributed by atoms with E-state index in [1.807, 2.05) is 0 Å². The smallest absolute Gasteiger partial charge is 0.258 e. The first-order chi connectivity index (χ1) is 22.4. The quantitative estimate of drug-likeness (QED) is 0.352. The fourth-order valence-electron chi connectivity index (χ4n) is 5.56. The molecule has 0 radical (unpaired) electrons. The minimum absolute atomic E-state index is 0.113. The summed E-state index contributed by atoms with van der Waals surface area (Å²) >= 11 is 0. The number of aryl methyl sites for hydroxylation is 1. The number of likely N-dealkylation sites (tertiary alicyclic amines) is 1. The Hall–Kier alpha value is -5.46. The number of carbonyl (C=O) groups excluding carboxylic acids is 3. The predicted octanol–water partition coefficient (Wildman–Crippen LogP) is 2.97. The van der Waals surface area contributed by atoms with Crippen molar-refractivity contribution in [2.24, 2.45) is 0 Å². The van der Waals surface area contributed by atoms with E-state index in [9.17, 15) is 14.4 Å². The summed E-state index contributed by atoms with van der Waals surface area (Å²) in [7, 11) is 1.52. The summed E-state index contributed by atoms with van der Waals surface area (Å²) in [4.78, 5) is 45.0. The summed E-state index contributed by atoms with van der Waals surface area (Å²) in [6, 6.07) is 15.8. The Morgan fingerprint density at radius 2 is 1.96 bits per heavy atom. The number of halogens is 1. The fraction of sp³-hybridized carbons (Fsp3) is 0.303. The number of amides is 3. The fourth-order valence-corrected chi connectivity index (χ4v) is 5.56. The summed E-state index contributed by atoms with van der Waals surface area (Å²) in [5, 5.41) is 9.84. The Kier molecular flexibility index (Phi) is 9.08. The molecule has 1 aromatic heterocycles. The third-order valence-electron chi connectivity index (χ3n) is 8.01. The van der Waals surface area contributed by atoms with Crippen molar-refractivity contribution in [1.82, 2.24) is 30.3 Å². The number of rotatable bonds is 4. The molecule has 6 bridgehead atoms. The molecule has 0 unspecified atom stereocenters. The highest BCUT2D eigenvalue weighted by Gasteiger charge is 2.35. The monoisotopic (exact) mass is 628 g/mol. The van der Waals surface area contributed by atoms with Crippen LogP contribution in [0.2, 0.25) is 0 Å². The van der Waals surface area contributed by atoms with Gasteiger partial charge in [0, 0.05) is 44.1 Å². The van der Waals surface area contributed by atoms with Crippen molar-refractivity contribution in [3.63, 3.8) is 0 Å². The Balaban J connectivity index is 1.31. The van der Waals surface area contributed by atoms with E-state index in [0.29, 0.717) is 47.9 Å². The zero-order chi connectivity index (χ0) is 32.0. The average molecular weight is 629 g/mol. The highest BCUT2D eigenvalue weighted by molar-refractivity contribution is 5.96. The molecule has 2 N–H and O–H groups in total. The molecule has 1 saturated heterocycles. The van der Waals surface area contributed by atoms with E-state index in [1.54, 1.807) is 64.4 Å². The van der Waals surface area contributed by atoms with Crippen LogP contribution in [0.4, 0.5) is 4.39 Å². The van der Waals surface area contributed by atoms with Crippen molar-refractivity contribution in [1.29, 1.82) is 0 Å². The minimum Gasteiger partial charge on any atom is -0.496 e. The lowest BCUT2D eigenvalue weighted by Crippen LogP contribution is -2.58. The van der Waals surface area contributed by atoms with E-state index >= 15 is 4.39 Å². The summed E-state index contributed by atoms with van der Waals surface area (Å²) in [5.74, 6) is -0.350. The van der Waals surface area contributed by atoms with Gasteiger partial charge in [0.05, 0.1) is 25.3 Å². The normalized spacial score (nSPS) is 18.3. The molecule has 3 aliphatic rings. The lowest BCUT2D eigenvalue weighted by molar-refractivity contribution is -0.134. The van der Waals surface area contributed by atoms with Crippen LogP contribution in [0.25, 0.3) is 11.1 Å². The number of nitrogens with zero attached hydrogens (tertiary/aromatic N) is 4. The molecule has 0 aliphatic carbocycles. The van der Waals surface area contributed by atoms with Gasteiger partial charge in [-0.05, 0) is 47.5 Å². The van der Waals surface area contributed by atoms with Crippen molar-refractivity contribution in [2.45, 2.75) is 38.1 Å². The highest BCUT2D eigenvalue weighted by Crippen LogP contribution is 2.29. The standard InChI is InChI=1S/C33H33FN6O6/c1-44-30-15-25-7-5-23(30)16-36-31(41)18-45-24-4-2-3-21(13-24)22-6-8-27(34)26(14-22)33(43)38-28-17-39(11-9-29(28)46-25)32(42)10-12-40-20-35-19-37-40/h2-8,13-15,19-20,28-29H,9-12,16-18H2,1H3,(H,36,41)(H,38,43)/t28-,29+/m1/s1. The second-order valence-corrected chi connectivity index (χ2v) is 11.0. The van der Waals surface area contributed by atoms with Crippen molar-refractivity contribution >= 4 is 17.7 Å². The molecule has 4 aromatic rings. The second-order valence-electron chi connectivity index (χ2n) is 11.0. The lowest BCUT2D eigenvalue weighted by atomic mass is 9.99. The van der Waals surface area contributed by atoms with Crippen molar-refractivity contribution in [3.8, 4) is 28.4 Å². The van der Waals surface area contributed by atoms with Gasteiger partial charge in [-0.25, -0.2) is 9.37 Å². The van der Waals surface area contributed by atoms with Gasteiger partial charge in [-0.2, -0.15) is 5.10 Å². The SMILES string of the molecule is COc1cc2ccc1CNC(=O)COc1cccc(c1)-c1ccc(F)c(c1)C(=O)N[C@@H]1CN(C(=O)CCn3cncn3)CC[C@@H]1O2. The number of nitrogens with one attached hydrogen (secondary N) is 2. The van der Waals surface area contributed by atoms with Gasteiger partial charge < -0.3 is 29.7 Å². The number of methoxy groups -OCH3 is 1. The van der Waals surface area contributed by atoms with E-state index in [1.165, 1.54) is 25.6 Å². The van der Waals surface area contributed by atoms with Gasteiger partial charge in [0.2, 0.25) is 5.91 Å². The van der Waals surface area contributed by atoms with Gasteiger partial charge in [-0.3, -0.25) is 19.1 Å². The number of carbonyl (C=O) groups is 3. The van der Waals surface area contributed by atoms with Gasteiger partial charge in [0.25, 0.3) is 11.8 Å². The third kappa shape index (κ3) is 7.09. The van der Waals surface area contributed by atoms with Gasteiger partial charge >= 0.3 is 0 Å². The summed E-state index contributed by atoms with van der Waals surface area (Å²) < 4.78 is 34.4. The van der Waals surface area contributed by atoms with Crippen LogP contribution in [0.15, 0.2) is 73.3 Å². The van der Waals surface area contributed by atoms with Crippen LogP contribution in [-0.2, 0) is 22.7 Å². The maximum Gasteiger partial charge on any atom is 0.258 e. The largest absolute Gasteiger partial charge is 0.496 e. The Labute approximate surface area is 264 Å². The van der Waals surface area contributed by atoms with Gasteiger partial charge in [0.15, 0.2) is 6.61 Å². The molecule has 3 aliphatic heterocycles. The topological polar surface area (TPSA) is 137 Å². The van der Waals surface area contributed by atoms with E-state index in [4.69, 9.17) is 14.2 Å². The van der Waals surface area contributed by atoms with E-state index in [2.05, 4.69) is 20.7 Å². The maximum atomic E-state index is 15.1. The number of aromatic nitrogens is 3. The zero-order valence-corrected chi connectivity index (χ0v) is 25.1. The summed E-state index contributed by atoms with van der Waals surface area (Å²) in [6.45, 7) is 0.916. The molecule has 7 rings (SSSR count). The number of benzene rings is 3. The molecule has 13 heteroatoms. The molecule has 1 fully saturated rings. The molecule has 4 heterocycles.